The number of aromatic nitrogens is 2. The van der Waals surface area contributed by atoms with Gasteiger partial charge in [0.05, 0.1) is 6.20 Å². The van der Waals surface area contributed by atoms with E-state index in [-0.39, 0.29) is 12.5 Å². The Bertz CT molecular complexity index is 508. The topological polar surface area (TPSA) is 67.0 Å². The van der Waals surface area contributed by atoms with Gasteiger partial charge < -0.3 is 10.1 Å². The molecule has 0 bridgehead atoms. The number of para-hydroxylation sites is 1. The lowest BCUT2D eigenvalue weighted by atomic mass is 10.2. The zero-order valence-corrected chi connectivity index (χ0v) is 10.1. The Morgan fingerprint density at radius 1 is 1.39 bits per heavy atom. The van der Waals surface area contributed by atoms with Crippen LogP contribution in [0.1, 0.15) is 12.5 Å². The molecule has 0 atom stereocenters. The first-order valence-corrected chi connectivity index (χ1v) is 5.79. The van der Waals surface area contributed by atoms with Crippen LogP contribution in [-0.4, -0.2) is 22.7 Å². The number of anilines is 1. The summed E-state index contributed by atoms with van der Waals surface area (Å²) in [6.07, 6.45) is 2.51. The molecule has 2 aromatic rings. The summed E-state index contributed by atoms with van der Waals surface area (Å²) in [6, 6.07) is 9.22. The number of carbonyl (C=O) groups excluding carboxylic acids is 1. The predicted octanol–water partition coefficient (Wildman–Crippen LogP) is 1.99. The van der Waals surface area contributed by atoms with Gasteiger partial charge >= 0.3 is 0 Å². The Kier molecular flexibility index (Phi) is 3.96. The molecule has 0 unspecified atom stereocenters. The normalized spacial score (nSPS) is 10.1. The van der Waals surface area contributed by atoms with Crippen LogP contribution in [0.4, 0.5) is 5.82 Å². The molecule has 0 aliphatic rings. The Morgan fingerprint density at radius 3 is 2.89 bits per heavy atom. The molecule has 0 radical (unpaired) electrons. The van der Waals surface area contributed by atoms with Gasteiger partial charge in [-0.1, -0.05) is 25.1 Å². The number of aromatic amines is 1. The number of hydrogen-bond acceptors (Lipinski definition) is 3. The summed E-state index contributed by atoms with van der Waals surface area (Å²) in [6.45, 7) is 1.98. The van der Waals surface area contributed by atoms with Gasteiger partial charge in [0.25, 0.3) is 5.91 Å². The van der Waals surface area contributed by atoms with E-state index in [4.69, 9.17) is 4.74 Å². The zero-order valence-electron chi connectivity index (χ0n) is 10.1. The Labute approximate surface area is 105 Å². The molecule has 0 aliphatic carbocycles. The zero-order chi connectivity index (χ0) is 12.8. The highest BCUT2D eigenvalue weighted by molar-refractivity contribution is 5.91. The average molecular weight is 245 g/mol. The molecule has 1 heterocycles. The van der Waals surface area contributed by atoms with E-state index in [0.29, 0.717) is 11.6 Å². The molecule has 5 heteroatoms. The molecule has 1 aromatic heterocycles. The van der Waals surface area contributed by atoms with Crippen LogP contribution < -0.4 is 10.1 Å². The summed E-state index contributed by atoms with van der Waals surface area (Å²) < 4.78 is 5.34. The Morgan fingerprint density at radius 2 is 2.17 bits per heavy atom. The van der Waals surface area contributed by atoms with Gasteiger partial charge in [0.1, 0.15) is 11.6 Å². The lowest BCUT2D eigenvalue weighted by Crippen LogP contribution is -2.21. The highest BCUT2D eigenvalue weighted by atomic mass is 16.5. The number of ether oxygens (including phenoxy) is 1. The van der Waals surface area contributed by atoms with E-state index in [1.807, 2.05) is 25.1 Å². The Balaban J connectivity index is 1.86. The lowest BCUT2D eigenvalue weighted by molar-refractivity contribution is -0.118. The van der Waals surface area contributed by atoms with Crippen molar-refractivity contribution in [1.29, 1.82) is 0 Å². The van der Waals surface area contributed by atoms with Crippen LogP contribution in [0.3, 0.4) is 0 Å². The quantitative estimate of drug-likeness (QED) is 0.846. The van der Waals surface area contributed by atoms with Crippen molar-refractivity contribution < 1.29 is 9.53 Å². The van der Waals surface area contributed by atoms with Crippen LogP contribution in [0.2, 0.25) is 0 Å². The molecule has 18 heavy (non-hydrogen) atoms. The largest absolute Gasteiger partial charge is 0.484 e. The fourth-order valence-electron chi connectivity index (χ4n) is 1.53. The minimum atomic E-state index is -0.210. The fraction of sp³-hybridized carbons (Fsp3) is 0.231. The van der Waals surface area contributed by atoms with Crippen LogP contribution in [0.5, 0.6) is 5.75 Å². The van der Waals surface area contributed by atoms with Gasteiger partial charge in [0, 0.05) is 5.56 Å². The second-order valence-corrected chi connectivity index (χ2v) is 3.77. The maximum Gasteiger partial charge on any atom is 0.263 e. The third-order valence-electron chi connectivity index (χ3n) is 2.48. The van der Waals surface area contributed by atoms with E-state index in [9.17, 15) is 4.79 Å². The van der Waals surface area contributed by atoms with Crippen molar-refractivity contribution in [2.45, 2.75) is 13.3 Å². The molecule has 0 aliphatic heterocycles. The van der Waals surface area contributed by atoms with E-state index in [2.05, 4.69) is 15.5 Å². The van der Waals surface area contributed by atoms with Crippen LogP contribution in [0.15, 0.2) is 36.5 Å². The molecule has 0 spiro atoms. The van der Waals surface area contributed by atoms with Crippen molar-refractivity contribution in [2.75, 3.05) is 11.9 Å². The van der Waals surface area contributed by atoms with Crippen LogP contribution in [0.25, 0.3) is 0 Å². The molecule has 1 aromatic carbocycles. The van der Waals surface area contributed by atoms with Gasteiger partial charge in [0.15, 0.2) is 6.61 Å². The predicted molar refractivity (Wildman–Crippen MR) is 68.5 cm³/mol. The first-order valence-electron chi connectivity index (χ1n) is 5.79. The van der Waals surface area contributed by atoms with Gasteiger partial charge in [-0.3, -0.25) is 9.89 Å². The molecule has 1 amide bonds. The first kappa shape index (κ1) is 12.2. The lowest BCUT2D eigenvalue weighted by Gasteiger charge is -2.06. The van der Waals surface area contributed by atoms with E-state index in [1.165, 1.54) is 0 Å². The van der Waals surface area contributed by atoms with Crippen LogP contribution in [-0.2, 0) is 11.2 Å². The van der Waals surface area contributed by atoms with Crippen molar-refractivity contribution in [3.05, 3.63) is 42.1 Å². The highest BCUT2D eigenvalue weighted by Crippen LogP contribution is 2.12. The van der Waals surface area contributed by atoms with Gasteiger partial charge in [-0.25, -0.2) is 0 Å². The summed E-state index contributed by atoms with van der Waals surface area (Å²) >= 11 is 0. The van der Waals surface area contributed by atoms with Crippen LogP contribution in [0, 0.1) is 0 Å². The average Bonchev–Trinajstić information content (AvgIpc) is 2.85. The SMILES string of the molecule is CCc1cn[nH]c1NC(=O)COc1ccccc1. The van der Waals surface area contributed by atoms with E-state index in [0.717, 1.165) is 12.0 Å². The van der Waals surface area contributed by atoms with Gasteiger partial charge in [-0.2, -0.15) is 5.10 Å². The smallest absolute Gasteiger partial charge is 0.263 e. The number of rotatable bonds is 5. The van der Waals surface area contributed by atoms with Gasteiger partial charge in [-0.15, -0.1) is 0 Å². The maximum atomic E-state index is 11.7. The van der Waals surface area contributed by atoms with Crippen molar-refractivity contribution in [3.63, 3.8) is 0 Å². The summed E-state index contributed by atoms with van der Waals surface area (Å²) in [5, 5.41) is 9.36. The van der Waals surface area contributed by atoms with Crippen LogP contribution >= 0.6 is 0 Å². The molecule has 0 saturated carbocycles. The summed E-state index contributed by atoms with van der Waals surface area (Å²) in [4.78, 5) is 11.7. The number of nitrogens with one attached hydrogen (secondary N) is 2. The van der Waals surface area contributed by atoms with Gasteiger partial charge in [0.2, 0.25) is 0 Å². The number of amides is 1. The second kappa shape index (κ2) is 5.86. The molecule has 0 fully saturated rings. The number of carbonyl (C=O) groups is 1. The molecule has 5 nitrogen and oxygen atoms in total. The number of benzene rings is 1. The highest BCUT2D eigenvalue weighted by Gasteiger charge is 2.08. The number of nitrogens with zero attached hydrogens (tertiary/aromatic N) is 1. The fourth-order valence-corrected chi connectivity index (χ4v) is 1.53. The molecule has 2 N–H and O–H groups in total. The molecular formula is C13H15N3O2. The number of aryl methyl sites for hydroxylation is 1. The standard InChI is InChI=1S/C13H15N3O2/c1-2-10-8-14-16-13(10)15-12(17)9-18-11-6-4-3-5-7-11/h3-8H,2,9H2,1H3,(H2,14,15,16,17). The first-order chi connectivity index (χ1) is 8.79. The van der Waals surface area contributed by atoms with Crippen molar-refractivity contribution in [3.8, 4) is 5.75 Å². The van der Waals surface area contributed by atoms with Gasteiger partial charge in [-0.05, 0) is 18.6 Å². The molecule has 2 rings (SSSR count). The second-order valence-electron chi connectivity index (χ2n) is 3.77. The minimum absolute atomic E-state index is 0.0216. The van der Waals surface area contributed by atoms with E-state index >= 15 is 0 Å². The maximum absolute atomic E-state index is 11.7. The monoisotopic (exact) mass is 245 g/mol. The van der Waals surface area contributed by atoms with E-state index < -0.39 is 0 Å². The molecular weight excluding hydrogens is 230 g/mol. The summed E-state index contributed by atoms with van der Waals surface area (Å²) in [5.74, 6) is 1.10. The molecule has 94 valence electrons. The third-order valence-corrected chi connectivity index (χ3v) is 2.48. The number of H-pyrrole nitrogens is 1. The minimum Gasteiger partial charge on any atom is -0.484 e. The summed E-state index contributed by atoms with van der Waals surface area (Å²) in [7, 11) is 0. The summed E-state index contributed by atoms with van der Waals surface area (Å²) in [5.41, 5.74) is 0.975. The Hall–Kier alpha value is -2.30. The van der Waals surface area contributed by atoms with Crippen molar-refractivity contribution >= 4 is 11.7 Å². The van der Waals surface area contributed by atoms with E-state index in [1.54, 1.807) is 18.3 Å². The third kappa shape index (κ3) is 3.10. The van der Waals surface area contributed by atoms with Crippen molar-refractivity contribution in [1.82, 2.24) is 10.2 Å². The molecule has 0 saturated heterocycles. The number of hydrogen-bond donors (Lipinski definition) is 2. The van der Waals surface area contributed by atoms with Crippen molar-refractivity contribution in [2.24, 2.45) is 0 Å².